The van der Waals surface area contributed by atoms with Gasteiger partial charge < -0.3 is 4.90 Å². The minimum absolute atomic E-state index is 0.00756. The van der Waals surface area contributed by atoms with Gasteiger partial charge in [-0.05, 0) is 46.1 Å². The highest BCUT2D eigenvalue weighted by molar-refractivity contribution is 5.95. The Morgan fingerprint density at radius 1 is 1.30 bits per heavy atom. The first-order valence-electron chi connectivity index (χ1n) is 6.99. The Morgan fingerprint density at radius 2 is 1.90 bits per heavy atom. The summed E-state index contributed by atoms with van der Waals surface area (Å²) < 4.78 is 0. The maximum Gasteiger partial charge on any atom is 0.273 e. The molecular weight excluding hydrogens is 256 g/mol. The van der Waals surface area contributed by atoms with E-state index in [1.165, 1.54) is 6.07 Å². The quantitative estimate of drug-likeness (QED) is 0.615. The first-order valence-corrected chi connectivity index (χ1v) is 6.99. The molecule has 0 radical (unpaired) electrons. The van der Waals surface area contributed by atoms with Gasteiger partial charge in [-0.3, -0.25) is 14.9 Å². The van der Waals surface area contributed by atoms with Gasteiger partial charge in [0.25, 0.3) is 11.6 Å². The van der Waals surface area contributed by atoms with Crippen molar-refractivity contribution in [3.05, 3.63) is 39.4 Å². The van der Waals surface area contributed by atoms with Gasteiger partial charge in [0.15, 0.2) is 0 Å². The summed E-state index contributed by atoms with van der Waals surface area (Å²) in [6.07, 6.45) is 3.11. The second-order valence-corrected chi connectivity index (χ2v) is 5.60. The number of carbonyl (C=O) groups is 1. The molecule has 0 N–H and O–H groups in total. The van der Waals surface area contributed by atoms with Crippen molar-refractivity contribution in [3.8, 4) is 0 Å². The molecule has 1 amide bonds. The zero-order valence-corrected chi connectivity index (χ0v) is 12.1. The summed E-state index contributed by atoms with van der Waals surface area (Å²) in [6, 6.07) is 5.09. The molecule has 0 bridgehead atoms. The molecule has 1 aliphatic rings. The maximum absolute atomic E-state index is 12.6. The van der Waals surface area contributed by atoms with Gasteiger partial charge in [-0.1, -0.05) is 6.07 Å². The molecule has 20 heavy (non-hydrogen) atoms. The van der Waals surface area contributed by atoms with Gasteiger partial charge in [0.1, 0.15) is 0 Å². The molecular formula is C15H20N2O3. The summed E-state index contributed by atoms with van der Waals surface area (Å²) in [5.74, 6) is -0.104. The molecule has 0 aliphatic carbocycles. The lowest BCUT2D eigenvalue weighted by Crippen LogP contribution is -2.47. The van der Waals surface area contributed by atoms with Crippen molar-refractivity contribution in [2.45, 2.75) is 52.1 Å². The molecule has 108 valence electrons. The number of piperidine rings is 1. The van der Waals surface area contributed by atoms with E-state index in [1.807, 2.05) is 18.7 Å². The molecule has 1 aromatic rings. The Kier molecular flexibility index (Phi) is 4.06. The van der Waals surface area contributed by atoms with Crippen LogP contribution in [0.4, 0.5) is 5.69 Å². The van der Waals surface area contributed by atoms with E-state index in [4.69, 9.17) is 0 Å². The van der Waals surface area contributed by atoms with Crippen molar-refractivity contribution in [3.63, 3.8) is 0 Å². The topological polar surface area (TPSA) is 63.5 Å². The molecule has 5 heteroatoms. The molecule has 1 saturated heterocycles. The van der Waals surface area contributed by atoms with Crippen LogP contribution < -0.4 is 0 Å². The largest absolute Gasteiger partial charge is 0.333 e. The fourth-order valence-corrected chi connectivity index (χ4v) is 2.91. The third-order valence-electron chi connectivity index (χ3n) is 4.08. The Morgan fingerprint density at radius 3 is 2.45 bits per heavy atom. The van der Waals surface area contributed by atoms with Crippen molar-refractivity contribution in [2.75, 3.05) is 0 Å². The van der Waals surface area contributed by atoms with Crippen LogP contribution in [0.5, 0.6) is 0 Å². The van der Waals surface area contributed by atoms with Crippen LogP contribution in [-0.4, -0.2) is 27.8 Å². The summed E-state index contributed by atoms with van der Waals surface area (Å²) in [6.45, 7) is 5.75. The lowest BCUT2D eigenvalue weighted by molar-refractivity contribution is -0.385. The third kappa shape index (κ3) is 2.66. The van der Waals surface area contributed by atoms with Crippen LogP contribution in [0.3, 0.4) is 0 Å². The smallest absolute Gasteiger partial charge is 0.273 e. The Hall–Kier alpha value is -1.91. The standard InChI is InChI=1S/C15H20N2O3/c1-10-7-8-13(9-14(10)17(19)20)15(18)16-11(2)5-4-6-12(16)3/h7-9,11-12H,4-6H2,1-3H3. The monoisotopic (exact) mass is 276 g/mol. The molecule has 1 heterocycles. The van der Waals surface area contributed by atoms with Crippen LogP contribution >= 0.6 is 0 Å². The number of likely N-dealkylation sites (tertiary alicyclic amines) is 1. The third-order valence-corrected chi connectivity index (χ3v) is 4.08. The summed E-state index contributed by atoms with van der Waals surface area (Å²) >= 11 is 0. The van der Waals surface area contributed by atoms with Crippen molar-refractivity contribution in [1.29, 1.82) is 0 Å². The van der Waals surface area contributed by atoms with Crippen molar-refractivity contribution < 1.29 is 9.72 Å². The highest BCUT2D eigenvalue weighted by atomic mass is 16.6. The number of aryl methyl sites for hydroxylation is 1. The Bertz CT molecular complexity index is 532. The molecule has 1 aliphatic heterocycles. The van der Waals surface area contributed by atoms with Crippen LogP contribution in [0.15, 0.2) is 18.2 Å². The molecule has 1 aromatic carbocycles. The maximum atomic E-state index is 12.6. The second kappa shape index (κ2) is 5.61. The first-order chi connectivity index (χ1) is 9.41. The molecule has 0 aromatic heterocycles. The van der Waals surface area contributed by atoms with Crippen LogP contribution in [0, 0.1) is 17.0 Å². The number of nitro benzene ring substituents is 1. The van der Waals surface area contributed by atoms with Crippen molar-refractivity contribution >= 4 is 11.6 Å². The Balaban J connectivity index is 2.33. The highest BCUT2D eigenvalue weighted by Gasteiger charge is 2.30. The number of nitro groups is 1. The van der Waals surface area contributed by atoms with E-state index in [2.05, 4.69) is 0 Å². The predicted octanol–water partition coefficient (Wildman–Crippen LogP) is 3.31. The van der Waals surface area contributed by atoms with Gasteiger partial charge in [0, 0.05) is 29.3 Å². The lowest BCUT2D eigenvalue weighted by atomic mass is 9.96. The minimum Gasteiger partial charge on any atom is -0.333 e. The summed E-state index contributed by atoms with van der Waals surface area (Å²) in [5, 5.41) is 11.0. The number of nitrogens with zero attached hydrogens (tertiary/aromatic N) is 2. The van der Waals surface area contributed by atoms with E-state index in [0.29, 0.717) is 11.1 Å². The van der Waals surface area contributed by atoms with E-state index in [-0.39, 0.29) is 23.7 Å². The molecule has 5 nitrogen and oxygen atoms in total. The zero-order valence-electron chi connectivity index (χ0n) is 12.1. The summed E-state index contributed by atoms with van der Waals surface area (Å²) in [7, 11) is 0. The van der Waals surface area contributed by atoms with Gasteiger partial charge in [-0.15, -0.1) is 0 Å². The number of hydrogen-bond donors (Lipinski definition) is 0. The van der Waals surface area contributed by atoms with Crippen LogP contribution in [0.2, 0.25) is 0 Å². The fraction of sp³-hybridized carbons (Fsp3) is 0.533. The number of benzene rings is 1. The fourth-order valence-electron chi connectivity index (χ4n) is 2.91. The van der Waals surface area contributed by atoms with E-state index in [0.717, 1.165) is 19.3 Å². The average Bonchev–Trinajstić information content (AvgIpc) is 2.38. The van der Waals surface area contributed by atoms with Crippen molar-refractivity contribution in [1.82, 2.24) is 4.90 Å². The molecule has 2 unspecified atom stereocenters. The van der Waals surface area contributed by atoms with Crippen LogP contribution in [-0.2, 0) is 0 Å². The van der Waals surface area contributed by atoms with Crippen LogP contribution in [0.1, 0.15) is 49.0 Å². The minimum atomic E-state index is -0.435. The summed E-state index contributed by atoms with van der Waals surface area (Å²) in [5.41, 5.74) is 0.988. The molecule has 2 rings (SSSR count). The molecule has 0 saturated carbocycles. The van der Waals surface area contributed by atoms with E-state index < -0.39 is 4.92 Å². The average molecular weight is 276 g/mol. The number of rotatable bonds is 2. The first kappa shape index (κ1) is 14.5. The number of carbonyl (C=O) groups excluding carboxylic acids is 1. The molecule has 1 fully saturated rings. The van der Waals surface area contributed by atoms with Gasteiger partial charge in [-0.2, -0.15) is 0 Å². The van der Waals surface area contributed by atoms with Gasteiger partial charge in [-0.25, -0.2) is 0 Å². The van der Waals surface area contributed by atoms with Gasteiger partial charge in [0.2, 0.25) is 0 Å². The normalized spacial score (nSPS) is 22.6. The Labute approximate surface area is 118 Å². The SMILES string of the molecule is Cc1ccc(C(=O)N2C(C)CCCC2C)cc1[N+](=O)[O-]. The van der Waals surface area contributed by atoms with Gasteiger partial charge >= 0.3 is 0 Å². The van der Waals surface area contributed by atoms with Gasteiger partial charge in [0.05, 0.1) is 4.92 Å². The lowest BCUT2D eigenvalue weighted by Gasteiger charge is -2.39. The predicted molar refractivity (Wildman–Crippen MR) is 76.8 cm³/mol. The number of hydrogen-bond acceptors (Lipinski definition) is 3. The van der Waals surface area contributed by atoms with Crippen molar-refractivity contribution in [2.24, 2.45) is 0 Å². The summed E-state index contributed by atoms with van der Waals surface area (Å²) in [4.78, 5) is 25.0. The highest BCUT2D eigenvalue weighted by Crippen LogP contribution is 2.26. The molecule has 0 spiro atoms. The van der Waals surface area contributed by atoms with E-state index in [1.54, 1.807) is 19.1 Å². The van der Waals surface area contributed by atoms with Crippen LogP contribution in [0.25, 0.3) is 0 Å². The second-order valence-electron chi connectivity index (χ2n) is 5.60. The zero-order chi connectivity index (χ0) is 14.9. The molecule has 2 atom stereocenters. The number of amides is 1. The van der Waals surface area contributed by atoms with E-state index in [9.17, 15) is 14.9 Å². The van der Waals surface area contributed by atoms with E-state index >= 15 is 0 Å².